The maximum atomic E-state index is 13.1. The third-order valence-corrected chi connectivity index (χ3v) is 5.40. The Morgan fingerprint density at radius 1 is 0.967 bits per heavy atom. The summed E-state index contributed by atoms with van der Waals surface area (Å²) in [7, 11) is 0. The van der Waals surface area contributed by atoms with Crippen LogP contribution in [0, 0.1) is 6.92 Å². The summed E-state index contributed by atoms with van der Waals surface area (Å²) in [6, 6.07) is 17.1. The third kappa shape index (κ3) is 3.83. The van der Waals surface area contributed by atoms with Crippen molar-refractivity contribution < 1.29 is 9.59 Å². The highest BCUT2D eigenvalue weighted by Gasteiger charge is 2.40. The second-order valence-electron chi connectivity index (χ2n) is 8.21. The molecule has 0 atom stereocenters. The Balaban J connectivity index is 1.49. The van der Waals surface area contributed by atoms with Crippen LogP contribution < -0.4 is 0 Å². The van der Waals surface area contributed by atoms with Gasteiger partial charge in [0.05, 0.1) is 11.2 Å². The summed E-state index contributed by atoms with van der Waals surface area (Å²) in [6.07, 6.45) is 1.55. The first kappa shape index (κ1) is 19.8. The topological polar surface area (TPSA) is 71.3 Å². The average molecular weight is 403 g/mol. The van der Waals surface area contributed by atoms with E-state index in [1.807, 2.05) is 80.3 Å². The number of hydrogen-bond acceptors (Lipinski definition) is 4. The van der Waals surface area contributed by atoms with Gasteiger partial charge in [0.15, 0.2) is 0 Å². The van der Waals surface area contributed by atoms with Crippen molar-refractivity contribution in [3.05, 3.63) is 77.9 Å². The Hall–Kier alpha value is -3.48. The third-order valence-electron chi connectivity index (χ3n) is 5.40. The first-order chi connectivity index (χ1) is 14.3. The maximum absolute atomic E-state index is 13.1. The van der Waals surface area contributed by atoms with E-state index in [0.717, 1.165) is 11.3 Å². The fourth-order valence-corrected chi connectivity index (χ4v) is 3.85. The van der Waals surface area contributed by atoms with Gasteiger partial charge in [-0.2, -0.15) is 0 Å². The molecular formula is C23H25N5O2. The molecule has 1 aliphatic heterocycles. The molecule has 0 aliphatic carbocycles. The highest BCUT2D eigenvalue weighted by molar-refractivity contribution is 5.95. The molecule has 0 spiro atoms. The van der Waals surface area contributed by atoms with Crippen molar-refractivity contribution in [2.45, 2.75) is 26.3 Å². The molecule has 30 heavy (non-hydrogen) atoms. The zero-order valence-corrected chi connectivity index (χ0v) is 17.4. The predicted molar refractivity (Wildman–Crippen MR) is 114 cm³/mol. The summed E-state index contributed by atoms with van der Waals surface area (Å²) in [4.78, 5) is 33.9. The largest absolute Gasteiger partial charge is 0.335 e. The minimum atomic E-state index is -0.535. The number of rotatable bonds is 3. The number of carbonyl (C=O) groups is 2. The highest BCUT2D eigenvalue weighted by Crippen LogP contribution is 2.24. The molecule has 4 rings (SSSR count). The zero-order valence-electron chi connectivity index (χ0n) is 17.4. The van der Waals surface area contributed by atoms with Gasteiger partial charge >= 0.3 is 0 Å². The van der Waals surface area contributed by atoms with Crippen LogP contribution in [0.2, 0.25) is 0 Å². The molecule has 2 heterocycles. The van der Waals surface area contributed by atoms with Crippen LogP contribution in [0.1, 0.15) is 40.4 Å². The van der Waals surface area contributed by atoms with Crippen LogP contribution in [0.4, 0.5) is 0 Å². The SMILES string of the molecule is Cc1cccc(C(=O)N2CCN(C(=O)c3ncn(-c4ccccc4)n3)C(C)(C)C2)c1. The van der Waals surface area contributed by atoms with Gasteiger partial charge in [0.25, 0.3) is 11.8 Å². The van der Waals surface area contributed by atoms with E-state index in [1.165, 1.54) is 0 Å². The monoisotopic (exact) mass is 403 g/mol. The fraction of sp³-hybridized carbons (Fsp3) is 0.304. The molecule has 3 aromatic rings. The van der Waals surface area contributed by atoms with Crippen LogP contribution in [0.15, 0.2) is 60.9 Å². The predicted octanol–water partition coefficient (Wildman–Crippen LogP) is 2.95. The Kier molecular flexibility index (Phi) is 5.11. The van der Waals surface area contributed by atoms with Gasteiger partial charge in [-0.1, -0.05) is 35.9 Å². The summed E-state index contributed by atoms with van der Waals surface area (Å²) in [5, 5.41) is 4.37. The minimum Gasteiger partial charge on any atom is -0.335 e. The van der Waals surface area contributed by atoms with Crippen molar-refractivity contribution in [3.63, 3.8) is 0 Å². The minimum absolute atomic E-state index is 0.00893. The fourth-order valence-electron chi connectivity index (χ4n) is 3.85. The normalized spacial score (nSPS) is 15.8. The molecule has 0 unspecified atom stereocenters. The van der Waals surface area contributed by atoms with E-state index < -0.39 is 5.54 Å². The summed E-state index contributed by atoms with van der Waals surface area (Å²) in [6.45, 7) is 7.26. The molecule has 0 bridgehead atoms. The molecule has 2 aromatic carbocycles. The first-order valence-corrected chi connectivity index (χ1v) is 10.0. The molecule has 1 fully saturated rings. The molecule has 1 saturated heterocycles. The second-order valence-corrected chi connectivity index (χ2v) is 8.21. The van der Waals surface area contributed by atoms with Crippen molar-refractivity contribution in [1.82, 2.24) is 24.6 Å². The lowest BCUT2D eigenvalue weighted by Gasteiger charge is -2.46. The number of hydrogen-bond donors (Lipinski definition) is 0. The first-order valence-electron chi connectivity index (χ1n) is 10.0. The van der Waals surface area contributed by atoms with Gasteiger partial charge in [0, 0.05) is 25.2 Å². The van der Waals surface area contributed by atoms with Crippen molar-refractivity contribution >= 4 is 11.8 Å². The molecule has 0 saturated carbocycles. The van der Waals surface area contributed by atoms with Crippen molar-refractivity contribution in [3.8, 4) is 5.69 Å². The van der Waals surface area contributed by atoms with Gasteiger partial charge in [0.1, 0.15) is 6.33 Å². The average Bonchev–Trinajstić information content (AvgIpc) is 3.23. The molecule has 7 heteroatoms. The second kappa shape index (κ2) is 7.74. The number of para-hydroxylation sites is 1. The van der Waals surface area contributed by atoms with Gasteiger partial charge in [-0.05, 0) is 45.0 Å². The number of aryl methyl sites for hydroxylation is 1. The van der Waals surface area contributed by atoms with E-state index in [2.05, 4.69) is 10.1 Å². The summed E-state index contributed by atoms with van der Waals surface area (Å²) >= 11 is 0. The number of aromatic nitrogens is 3. The Bertz CT molecular complexity index is 1070. The molecule has 2 amide bonds. The van der Waals surface area contributed by atoms with Crippen molar-refractivity contribution in [1.29, 1.82) is 0 Å². The van der Waals surface area contributed by atoms with Crippen LogP contribution in [-0.2, 0) is 0 Å². The summed E-state index contributed by atoms with van der Waals surface area (Å²) in [5.41, 5.74) is 2.03. The number of piperazine rings is 1. The van der Waals surface area contributed by atoms with Crippen LogP contribution in [-0.4, -0.2) is 61.6 Å². The van der Waals surface area contributed by atoms with Crippen LogP contribution in [0.3, 0.4) is 0 Å². The van der Waals surface area contributed by atoms with Crippen LogP contribution in [0.25, 0.3) is 5.69 Å². The smallest absolute Gasteiger partial charge is 0.294 e. The molecule has 7 nitrogen and oxygen atoms in total. The van der Waals surface area contributed by atoms with Gasteiger partial charge in [-0.3, -0.25) is 9.59 Å². The zero-order chi connectivity index (χ0) is 21.3. The van der Waals surface area contributed by atoms with Gasteiger partial charge in [-0.25, -0.2) is 9.67 Å². The Morgan fingerprint density at radius 2 is 1.73 bits per heavy atom. The summed E-state index contributed by atoms with van der Waals surface area (Å²) < 4.78 is 1.59. The number of carbonyl (C=O) groups excluding carboxylic acids is 2. The standard InChI is InChI=1S/C23H25N5O2/c1-17-8-7-9-18(14-17)21(29)26-12-13-27(23(2,3)15-26)22(30)20-24-16-28(25-20)19-10-5-4-6-11-19/h4-11,14,16H,12-13,15H2,1-3H3. The van der Waals surface area contributed by atoms with E-state index in [-0.39, 0.29) is 17.6 Å². The Labute approximate surface area is 175 Å². The van der Waals surface area contributed by atoms with E-state index >= 15 is 0 Å². The van der Waals surface area contributed by atoms with Gasteiger partial charge < -0.3 is 9.80 Å². The lowest BCUT2D eigenvalue weighted by atomic mass is 9.97. The molecule has 0 N–H and O–H groups in total. The molecule has 1 aromatic heterocycles. The summed E-state index contributed by atoms with van der Waals surface area (Å²) in [5.74, 6) is -0.0759. The Morgan fingerprint density at radius 3 is 2.43 bits per heavy atom. The van der Waals surface area contributed by atoms with Crippen LogP contribution >= 0.6 is 0 Å². The quantitative estimate of drug-likeness (QED) is 0.674. The molecule has 154 valence electrons. The maximum Gasteiger partial charge on any atom is 0.294 e. The molecule has 0 radical (unpaired) electrons. The number of nitrogens with zero attached hydrogens (tertiary/aromatic N) is 5. The number of amides is 2. The highest BCUT2D eigenvalue weighted by atomic mass is 16.2. The lowest BCUT2D eigenvalue weighted by molar-refractivity contribution is 0.0160. The lowest BCUT2D eigenvalue weighted by Crippen LogP contribution is -2.62. The molecular weight excluding hydrogens is 378 g/mol. The van der Waals surface area contributed by atoms with Gasteiger partial charge in [0.2, 0.25) is 5.82 Å². The molecule has 1 aliphatic rings. The van der Waals surface area contributed by atoms with E-state index in [4.69, 9.17) is 0 Å². The van der Waals surface area contributed by atoms with Crippen LogP contribution in [0.5, 0.6) is 0 Å². The van der Waals surface area contributed by atoms with Crippen molar-refractivity contribution in [2.24, 2.45) is 0 Å². The van der Waals surface area contributed by atoms with Crippen molar-refractivity contribution in [2.75, 3.05) is 19.6 Å². The van der Waals surface area contributed by atoms with E-state index in [9.17, 15) is 9.59 Å². The van der Waals surface area contributed by atoms with E-state index in [1.54, 1.807) is 15.9 Å². The van der Waals surface area contributed by atoms with Gasteiger partial charge in [-0.15, -0.1) is 5.10 Å². The number of benzene rings is 2. The van der Waals surface area contributed by atoms with E-state index in [0.29, 0.717) is 25.2 Å².